The Balaban J connectivity index is 4.78. The van der Waals surface area contributed by atoms with Crippen LogP contribution in [0.5, 0.6) is 0 Å². The van der Waals surface area contributed by atoms with Crippen molar-refractivity contribution in [3.8, 4) is 0 Å². The van der Waals surface area contributed by atoms with Crippen molar-refractivity contribution in [2.45, 2.75) is 30.8 Å². The summed E-state index contributed by atoms with van der Waals surface area (Å²) in [5, 5.41) is 0. The third kappa shape index (κ3) is 3.80. The Labute approximate surface area is 79.0 Å². The van der Waals surface area contributed by atoms with Crippen molar-refractivity contribution in [1.82, 2.24) is 0 Å². The van der Waals surface area contributed by atoms with Crippen molar-refractivity contribution in [3.63, 3.8) is 0 Å². The van der Waals surface area contributed by atoms with Crippen LogP contribution in [-0.2, 0) is 4.74 Å². The molecule has 1 nitrogen and oxygen atoms in total. The largest absolute Gasteiger partial charge is 0.422 e. The van der Waals surface area contributed by atoms with Gasteiger partial charge in [-0.1, -0.05) is 0 Å². The lowest BCUT2D eigenvalue weighted by molar-refractivity contribution is -0.257. The quantitative estimate of drug-likeness (QED) is 0.696. The van der Waals surface area contributed by atoms with E-state index in [4.69, 9.17) is 0 Å². The van der Waals surface area contributed by atoms with Gasteiger partial charge in [0.05, 0.1) is 0 Å². The molecule has 0 aliphatic heterocycles. The molecule has 2 unspecified atom stereocenters. The van der Waals surface area contributed by atoms with Gasteiger partial charge in [0.1, 0.15) is 6.10 Å². The summed E-state index contributed by atoms with van der Waals surface area (Å²) in [5.74, 6) is 0. The number of hydrogen-bond acceptors (Lipinski definition) is 1. The first kappa shape index (κ1) is 14.4. The zero-order valence-electron chi connectivity index (χ0n) is 7.16. The average Bonchev–Trinajstić information content (AvgIpc) is 2.01. The van der Waals surface area contributed by atoms with E-state index >= 15 is 0 Å². The van der Waals surface area contributed by atoms with Crippen molar-refractivity contribution in [2.75, 3.05) is 7.11 Å². The Hall–Kier alpha value is -0.600. The molecule has 92 valence electrons. The van der Waals surface area contributed by atoms with Crippen molar-refractivity contribution < 1.29 is 39.9 Å². The zero-order chi connectivity index (χ0) is 12.4. The molecule has 15 heavy (non-hydrogen) atoms. The fourth-order valence-corrected chi connectivity index (χ4v) is 0.760. The number of methoxy groups -OCH3 is 1. The Bertz CT molecular complexity index is 176. The third-order valence-corrected chi connectivity index (χ3v) is 1.47. The minimum absolute atomic E-state index is 0.362. The molecule has 0 bridgehead atoms. The highest BCUT2D eigenvalue weighted by Crippen LogP contribution is 2.34. The van der Waals surface area contributed by atoms with E-state index in [2.05, 4.69) is 4.74 Å². The van der Waals surface area contributed by atoms with Crippen molar-refractivity contribution in [1.29, 1.82) is 0 Å². The number of halogens is 8. The second-order valence-corrected chi connectivity index (χ2v) is 2.59. The van der Waals surface area contributed by atoms with Crippen LogP contribution in [0.1, 0.15) is 0 Å². The number of ether oxygens (including phenoxy) is 1. The minimum atomic E-state index is -5.60. The predicted octanol–water partition coefficient (Wildman–Crippen LogP) is 2.80. The third-order valence-electron chi connectivity index (χ3n) is 1.47. The van der Waals surface area contributed by atoms with Gasteiger partial charge in [0.15, 0.2) is 0 Å². The molecule has 0 saturated carbocycles. The normalized spacial score (nSPS) is 19.8. The van der Waals surface area contributed by atoms with E-state index in [9.17, 15) is 35.1 Å². The van der Waals surface area contributed by atoms with E-state index in [0.717, 1.165) is 0 Å². The number of rotatable bonds is 3. The molecule has 0 aromatic carbocycles. The molecule has 0 N–H and O–H groups in total. The molecule has 0 saturated heterocycles. The SMILES string of the molecule is COC(C(F)C(F)(F)F)C(F)C(F)(F)F. The first-order valence-electron chi connectivity index (χ1n) is 3.46. The van der Waals surface area contributed by atoms with Gasteiger partial charge in [0, 0.05) is 7.11 Å². The van der Waals surface area contributed by atoms with Gasteiger partial charge in [-0.3, -0.25) is 0 Å². The maximum Gasteiger partial charge on any atom is 0.422 e. The summed E-state index contributed by atoms with van der Waals surface area (Å²) in [6.45, 7) is 0. The zero-order valence-corrected chi connectivity index (χ0v) is 7.16. The first-order chi connectivity index (χ1) is 6.51. The predicted molar refractivity (Wildman–Crippen MR) is 32.7 cm³/mol. The maximum absolute atomic E-state index is 12.4. The molecular weight excluding hydrogens is 240 g/mol. The summed E-state index contributed by atoms with van der Waals surface area (Å²) in [6.07, 6.45) is -22.5. The van der Waals surface area contributed by atoms with Gasteiger partial charge < -0.3 is 4.74 Å². The van der Waals surface area contributed by atoms with E-state index in [-0.39, 0.29) is 0 Å². The summed E-state index contributed by atoms with van der Waals surface area (Å²) in [5.41, 5.74) is 0. The van der Waals surface area contributed by atoms with Gasteiger partial charge in [0.25, 0.3) is 0 Å². The fraction of sp³-hybridized carbons (Fsp3) is 1.00. The Kier molecular flexibility index (Phi) is 4.32. The molecular formula is C6H6F8O. The lowest BCUT2D eigenvalue weighted by Crippen LogP contribution is -2.48. The smallest absolute Gasteiger partial charge is 0.375 e. The molecule has 0 aliphatic carbocycles. The second kappa shape index (κ2) is 4.50. The van der Waals surface area contributed by atoms with Crippen LogP contribution < -0.4 is 0 Å². The van der Waals surface area contributed by atoms with Crippen molar-refractivity contribution in [3.05, 3.63) is 0 Å². The van der Waals surface area contributed by atoms with Gasteiger partial charge >= 0.3 is 12.4 Å². The lowest BCUT2D eigenvalue weighted by Gasteiger charge is -2.25. The van der Waals surface area contributed by atoms with E-state index in [1.165, 1.54) is 0 Å². The van der Waals surface area contributed by atoms with Gasteiger partial charge in [-0.2, -0.15) is 26.3 Å². The molecule has 0 spiro atoms. The highest BCUT2D eigenvalue weighted by Gasteiger charge is 2.56. The highest BCUT2D eigenvalue weighted by molar-refractivity contribution is 4.86. The number of alkyl halides is 8. The molecule has 0 radical (unpaired) electrons. The standard InChI is InChI=1S/C6H6F8O/c1-15-2(3(7)5(9,10)11)4(8)6(12,13)14/h2-4H,1H3. The summed E-state index contributed by atoms with van der Waals surface area (Å²) < 4.78 is 98.1. The van der Waals surface area contributed by atoms with E-state index < -0.39 is 30.8 Å². The summed E-state index contributed by atoms with van der Waals surface area (Å²) in [6, 6.07) is 0. The van der Waals surface area contributed by atoms with Gasteiger partial charge in [-0.15, -0.1) is 0 Å². The van der Waals surface area contributed by atoms with E-state index in [1.807, 2.05) is 0 Å². The van der Waals surface area contributed by atoms with Crippen LogP contribution in [0.25, 0.3) is 0 Å². The monoisotopic (exact) mass is 246 g/mol. The first-order valence-corrected chi connectivity index (χ1v) is 3.46. The Morgan fingerprint density at radius 2 is 1.07 bits per heavy atom. The average molecular weight is 246 g/mol. The minimum Gasteiger partial charge on any atom is -0.375 e. The molecule has 0 heterocycles. The molecule has 9 heteroatoms. The molecule has 2 atom stereocenters. The highest BCUT2D eigenvalue weighted by atomic mass is 19.4. The van der Waals surface area contributed by atoms with Gasteiger partial charge in [-0.05, 0) is 0 Å². The van der Waals surface area contributed by atoms with Crippen LogP contribution in [0.2, 0.25) is 0 Å². The fourth-order valence-electron chi connectivity index (χ4n) is 0.760. The van der Waals surface area contributed by atoms with Crippen LogP contribution in [-0.4, -0.2) is 37.9 Å². The summed E-state index contributed by atoms with van der Waals surface area (Å²) >= 11 is 0. The molecule has 0 amide bonds. The second-order valence-electron chi connectivity index (χ2n) is 2.59. The molecule has 0 aliphatic rings. The topological polar surface area (TPSA) is 9.23 Å². The van der Waals surface area contributed by atoms with E-state index in [0.29, 0.717) is 7.11 Å². The van der Waals surface area contributed by atoms with Crippen molar-refractivity contribution in [2.24, 2.45) is 0 Å². The van der Waals surface area contributed by atoms with Crippen LogP contribution in [0.3, 0.4) is 0 Å². The Morgan fingerprint density at radius 3 is 1.20 bits per heavy atom. The van der Waals surface area contributed by atoms with Crippen molar-refractivity contribution >= 4 is 0 Å². The van der Waals surface area contributed by atoms with Gasteiger partial charge in [0.2, 0.25) is 12.3 Å². The van der Waals surface area contributed by atoms with Crippen LogP contribution in [0.15, 0.2) is 0 Å². The molecule has 0 fully saturated rings. The lowest BCUT2D eigenvalue weighted by atomic mass is 10.1. The summed E-state index contributed by atoms with van der Waals surface area (Å²) in [7, 11) is 0.362. The maximum atomic E-state index is 12.4. The summed E-state index contributed by atoms with van der Waals surface area (Å²) in [4.78, 5) is 0. The van der Waals surface area contributed by atoms with Crippen LogP contribution in [0, 0.1) is 0 Å². The van der Waals surface area contributed by atoms with E-state index in [1.54, 1.807) is 0 Å². The van der Waals surface area contributed by atoms with Gasteiger partial charge in [-0.25, -0.2) is 8.78 Å². The molecule has 0 aromatic rings. The molecule has 0 aromatic heterocycles. The van der Waals surface area contributed by atoms with Crippen LogP contribution >= 0.6 is 0 Å². The number of hydrogen-bond donors (Lipinski definition) is 0. The van der Waals surface area contributed by atoms with Crippen LogP contribution in [0.4, 0.5) is 35.1 Å². The Morgan fingerprint density at radius 1 is 0.800 bits per heavy atom. The molecule has 0 rings (SSSR count).